The van der Waals surface area contributed by atoms with Crippen LogP contribution in [0, 0.1) is 5.92 Å². The summed E-state index contributed by atoms with van der Waals surface area (Å²) in [4.78, 5) is 36.9. The molecule has 0 saturated heterocycles. The molecule has 1 aromatic rings. The molecule has 0 heterocycles. The van der Waals surface area contributed by atoms with Crippen LogP contribution in [0.25, 0.3) is 0 Å². The summed E-state index contributed by atoms with van der Waals surface area (Å²) < 4.78 is 6.11. The van der Waals surface area contributed by atoms with E-state index in [2.05, 4.69) is 26.7 Å². The maximum absolute atomic E-state index is 12.4. The highest BCUT2D eigenvalue weighted by Gasteiger charge is 2.21. The van der Waals surface area contributed by atoms with Crippen molar-refractivity contribution in [1.82, 2.24) is 15.8 Å². The molecule has 10 heteroatoms. The van der Waals surface area contributed by atoms with Crippen LogP contribution in [0.1, 0.15) is 45.1 Å². The molecule has 2 amide bonds. The van der Waals surface area contributed by atoms with Gasteiger partial charge in [-0.25, -0.2) is 5.01 Å². The maximum Gasteiger partial charge on any atom is 0.322 e. The molecule has 1 aromatic carbocycles. The molecular weight excluding hydrogens is 478 g/mol. The molecule has 2 atom stereocenters. The van der Waals surface area contributed by atoms with Crippen LogP contribution in [0.4, 0.5) is 0 Å². The third kappa shape index (κ3) is 11.6. The van der Waals surface area contributed by atoms with Gasteiger partial charge in [0.15, 0.2) is 0 Å². The minimum Gasteiger partial charge on any atom is -0.460 e. The number of benzene rings is 1. The van der Waals surface area contributed by atoms with Gasteiger partial charge in [-0.1, -0.05) is 48.0 Å². The fraction of sp³-hybridized carbons (Fsp3) is 0.591. The number of nitrogens with two attached hydrogens (primary N) is 2. The summed E-state index contributed by atoms with van der Waals surface area (Å²) in [6.07, 6.45) is 1.83. The van der Waals surface area contributed by atoms with Crippen molar-refractivity contribution in [2.24, 2.45) is 17.4 Å². The molecule has 0 unspecified atom stereocenters. The first-order valence-electron chi connectivity index (χ1n) is 10.8. The van der Waals surface area contributed by atoms with E-state index in [-0.39, 0.29) is 43.3 Å². The van der Waals surface area contributed by atoms with Gasteiger partial charge in [0.05, 0.1) is 6.04 Å². The largest absolute Gasteiger partial charge is 0.460 e. The smallest absolute Gasteiger partial charge is 0.322 e. The number of ether oxygens (including phenoxy) is 1. The highest BCUT2D eigenvalue weighted by molar-refractivity contribution is 9.10. The predicted molar refractivity (Wildman–Crippen MR) is 127 cm³/mol. The Kier molecular flexibility index (Phi) is 13.1. The van der Waals surface area contributed by atoms with Gasteiger partial charge in [0.1, 0.15) is 13.2 Å². The topological polar surface area (TPSA) is 140 Å². The lowest BCUT2D eigenvalue weighted by Gasteiger charge is -2.23. The highest BCUT2D eigenvalue weighted by atomic mass is 79.9. The van der Waals surface area contributed by atoms with E-state index >= 15 is 0 Å². The second-order valence-corrected chi connectivity index (χ2v) is 9.07. The fourth-order valence-corrected chi connectivity index (χ4v) is 3.45. The van der Waals surface area contributed by atoms with Gasteiger partial charge in [-0.15, -0.1) is 0 Å². The summed E-state index contributed by atoms with van der Waals surface area (Å²) in [6.45, 7) is 4.45. The number of carbonyl (C=O) groups excluding carboxylic acids is 3. The van der Waals surface area contributed by atoms with Crippen LogP contribution in [0.5, 0.6) is 0 Å². The van der Waals surface area contributed by atoms with Crippen LogP contribution in [-0.4, -0.2) is 55.0 Å². The van der Waals surface area contributed by atoms with Gasteiger partial charge in [0.25, 0.3) is 0 Å². The SMILES string of the molecule is CC(C)C[C@H](N)C(=O)N[C@@H](CCCN)CC(=O)NN(C)CC(=O)OCc1ccccc1Br. The number of rotatable bonds is 14. The zero-order valence-electron chi connectivity index (χ0n) is 19.1. The minimum absolute atomic E-state index is 0.0521. The second kappa shape index (κ2) is 14.9. The van der Waals surface area contributed by atoms with Crippen molar-refractivity contribution in [3.8, 4) is 0 Å². The van der Waals surface area contributed by atoms with Gasteiger partial charge in [-0.05, 0) is 37.8 Å². The number of halogens is 1. The van der Waals surface area contributed by atoms with Crippen LogP contribution < -0.4 is 22.2 Å². The molecule has 32 heavy (non-hydrogen) atoms. The van der Waals surface area contributed by atoms with E-state index in [1.807, 2.05) is 38.1 Å². The first kappa shape index (κ1) is 28.0. The molecule has 0 saturated carbocycles. The molecule has 1 rings (SSSR count). The molecule has 0 aliphatic rings. The summed E-state index contributed by atoms with van der Waals surface area (Å²) >= 11 is 3.40. The molecule has 180 valence electrons. The van der Waals surface area contributed by atoms with Crippen molar-refractivity contribution < 1.29 is 19.1 Å². The van der Waals surface area contributed by atoms with Crippen molar-refractivity contribution in [3.63, 3.8) is 0 Å². The number of hydrogen-bond donors (Lipinski definition) is 4. The number of nitrogens with one attached hydrogen (secondary N) is 2. The highest BCUT2D eigenvalue weighted by Crippen LogP contribution is 2.16. The quantitative estimate of drug-likeness (QED) is 0.218. The molecule has 0 aliphatic carbocycles. The number of likely N-dealkylation sites (N-methyl/N-ethyl adjacent to an activating group) is 1. The first-order valence-corrected chi connectivity index (χ1v) is 11.6. The molecule has 0 fully saturated rings. The lowest BCUT2D eigenvalue weighted by atomic mass is 10.0. The predicted octanol–water partition coefficient (Wildman–Crippen LogP) is 1.44. The maximum atomic E-state index is 12.4. The molecular formula is C22H36BrN5O4. The number of amides is 2. The Balaban J connectivity index is 2.49. The summed E-state index contributed by atoms with van der Waals surface area (Å²) in [5.74, 6) is -0.794. The summed E-state index contributed by atoms with van der Waals surface area (Å²) in [5.41, 5.74) is 15.0. The number of esters is 1. The van der Waals surface area contributed by atoms with Crippen LogP contribution in [0.2, 0.25) is 0 Å². The average molecular weight is 514 g/mol. The molecule has 0 spiro atoms. The number of carbonyl (C=O) groups is 3. The van der Waals surface area contributed by atoms with Gasteiger partial charge in [-0.2, -0.15) is 0 Å². The van der Waals surface area contributed by atoms with Crippen molar-refractivity contribution in [2.75, 3.05) is 20.1 Å². The Hall–Kier alpha value is -2.01. The zero-order valence-corrected chi connectivity index (χ0v) is 20.7. The van der Waals surface area contributed by atoms with Gasteiger partial charge in [-0.3, -0.25) is 19.8 Å². The molecule has 0 aliphatic heterocycles. The third-order valence-electron chi connectivity index (χ3n) is 4.63. The molecule has 9 nitrogen and oxygen atoms in total. The van der Waals surface area contributed by atoms with Crippen molar-refractivity contribution in [2.45, 2.75) is 58.2 Å². The van der Waals surface area contributed by atoms with E-state index in [1.165, 1.54) is 5.01 Å². The van der Waals surface area contributed by atoms with Gasteiger partial charge < -0.3 is 21.5 Å². The Labute approximate surface area is 198 Å². The average Bonchev–Trinajstić information content (AvgIpc) is 2.70. The van der Waals surface area contributed by atoms with Gasteiger partial charge in [0.2, 0.25) is 11.8 Å². The van der Waals surface area contributed by atoms with E-state index in [0.717, 1.165) is 10.0 Å². The van der Waals surface area contributed by atoms with Crippen LogP contribution in [0.15, 0.2) is 28.7 Å². The van der Waals surface area contributed by atoms with E-state index in [4.69, 9.17) is 16.2 Å². The van der Waals surface area contributed by atoms with E-state index in [1.54, 1.807) is 7.05 Å². The molecule has 0 aromatic heterocycles. The molecule has 0 radical (unpaired) electrons. The molecule has 6 N–H and O–H groups in total. The van der Waals surface area contributed by atoms with Gasteiger partial charge in [0, 0.05) is 29.5 Å². The van der Waals surface area contributed by atoms with Crippen molar-refractivity contribution in [1.29, 1.82) is 0 Å². The Morgan fingerprint density at radius 1 is 1.22 bits per heavy atom. The Bertz CT molecular complexity index is 747. The standard InChI is InChI=1S/C22H36BrN5O4/c1-15(2)11-19(25)22(31)26-17(8-6-10-24)12-20(29)27-28(3)13-21(30)32-14-16-7-4-5-9-18(16)23/h4-5,7,9,15,17,19H,6,8,10-14,24-25H2,1-3H3,(H,26,31)(H,27,29)/t17-,19-/m0/s1. The second-order valence-electron chi connectivity index (χ2n) is 8.22. The number of hydrazine groups is 1. The Morgan fingerprint density at radius 3 is 2.53 bits per heavy atom. The monoisotopic (exact) mass is 513 g/mol. The summed E-state index contributed by atoms with van der Waals surface area (Å²) in [5, 5.41) is 4.21. The van der Waals surface area contributed by atoms with Crippen molar-refractivity contribution >= 4 is 33.7 Å². The lowest BCUT2D eigenvalue weighted by Crippen LogP contribution is -2.49. The number of hydrogen-bond acceptors (Lipinski definition) is 7. The van der Waals surface area contributed by atoms with E-state index < -0.39 is 12.0 Å². The normalized spacial score (nSPS) is 13.0. The summed E-state index contributed by atoms with van der Waals surface area (Å²) in [6, 6.07) is 6.44. The Morgan fingerprint density at radius 2 is 1.91 bits per heavy atom. The summed E-state index contributed by atoms with van der Waals surface area (Å²) in [7, 11) is 1.57. The van der Waals surface area contributed by atoms with Crippen molar-refractivity contribution in [3.05, 3.63) is 34.3 Å². The van der Waals surface area contributed by atoms with E-state index in [0.29, 0.717) is 25.8 Å². The molecule has 0 bridgehead atoms. The third-order valence-corrected chi connectivity index (χ3v) is 5.40. The van der Waals surface area contributed by atoms with Crippen LogP contribution in [0.3, 0.4) is 0 Å². The van der Waals surface area contributed by atoms with Crippen LogP contribution in [-0.2, 0) is 25.7 Å². The fourth-order valence-electron chi connectivity index (χ4n) is 3.05. The van der Waals surface area contributed by atoms with Crippen LogP contribution >= 0.6 is 15.9 Å². The first-order chi connectivity index (χ1) is 15.1. The van der Waals surface area contributed by atoms with E-state index in [9.17, 15) is 14.4 Å². The van der Waals surface area contributed by atoms with Gasteiger partial charge >= 0.3 is 5.97 Å². The lowest BCUT2D eigenvalue weighted by molar-refractivity contribution is -0.147. The minimum atomic E-state index is -0.625. The number of nitrogens with zero attached hydrogens (tertiary/aromatic N) is 1. The zero-order chi connectivity index (χ0) is 24.1.